The second kappa shape index (κ2) is 9.21. The van der Waals surface area contributed by atoms with Crippen LogP contribution in [-0.2, 0) is 9.53 Å². The predicted octanol–water partition coefficient (Wildman–Crippen LogP) is 5.74. The topological polar surface area (TPSA) is 45.1 Å². The lowest BCUT2D eigenvalue weighted by atomic mass is 9.62. The maximum atomic E-state index is 13.9. The Morgan fingerprint density at radius 3 is 1.60 bits per heavy atom. The van der Waals surface area contributed by atoms with E-state index in [1.807, 2.05) is 58.5 Å². The van der Waals surface area contributed by atoms with Gasteiger partial charge in [0.05, 0.1) is 0 Å². The Kier molecular flexibility index (Phi) is 6.46. The van der Waals surface area contributed by atoms with Gasteiger partial charge in [0.25, 0.3) is 0 Å². The van der Waals surface area contributed by atoms with Crippen molar-refractivity contribution < 1.29 is 9.53 Å². The molecular formula is C30H35N3O2. The number of carbonyl (C=O) groups excluding carboxylic acids is 1. The molecule has 1 atom stereocenters. The number of cyclic esters (lactones) is 1. The molecule has 1 aliphatic rings. The number of rotatable bonds is 6. The molecule has 3 aromatic rings. The molecule has 0 N–H and O–H groups in total. The van der Waals surface area contributed by atoms with Gasteiger partial charge in [0.1, 0.15) is 0 Å². The van der Waals surface area contributed by atoms with E-state index in [0.717, 1.165) is 28.1 Å². The molecule has 0 aliphatic carbocycles. The number of anilines is 2. The molecule has 4 rings (SSSR count). The summed E-state index contributed by atoms with van der Waals surface area (Å²) in [6.07, 6.45) is 0. The van der Waals surface area contributed by atoms with Gasteiger partial charge in [0, 0.05) is 51.0 Å². The highest BCUT2D eigenvalue weighted by Gasteiger charge is 2.60. The van der Waals surface area contributed by atoms with Crippen molar-refractivity contribution >= 4 is 23.2 Å². The molecule has 0 amide bonds. The van der Waals surface area contributed by atoms with Gasteiger partial charge in [-0.05, 0) is 52.9 Å². The molecular weight excluding hydrogens is 434 g/mol. The SMILES string of the molecule is CN(C)c1ccc(C(c2ccc(N(C)C)cc2)C2(C(C)(C)C)N=C(c3ccccc3)OC2=O)cc1. The lowest BCUT2D eigenvalue weighted by Crippen LogP contribution is -2.51. The van der Waals surface area contributed by atoms with Gasteiger partial charge in [0.2, 0.25) is 5.90 Å². The number of carbonyl (C=O) groups is 1. The summed E-state index contributed by atoms with van der Waals surface area (Å²) in [5, 5.41) is 0. The van der Waals surface area contributed by atoms with Crippen LogP contribution in [0, 0.1) is 5.41 Å². The summed E-state index contributed by atoms with van der Waals surface area (Å²) < 4.78 is 5.93. The molecule has 0 saturated carbocycles. The van der Waals surface area contributed by atoms with Gasteiger partial charge in [-0.1, -0.05) is 63.2 Å². The van der Waals surface area contributed by atoms with Crippen molar-refractivity contribution in [1.82, 2.24) is 0 Å². The first kappa shape index (κ1) is 24.5. The number of hydrogen-bond acceptors (Lipinski definition) is 5. The Hall–Kier alpha value is -3.60. The Bertz CT molecular complexity index is 1160. The second-order valence-electron chi connectivity index (χ2n) is 10.6. The van der Waals surface area contributed by atoms with Gasteiger partial charge >= 0.3 is 5.97 Å². The third kappa shape index (κ3) is 4.43. The van der Waals surface area contributed by atoms with Crippen molar-refractivity contribution in [3.8, 4) is 0 Å². The molecule has 5 heteroatoms. The van der Waals surface area contributed by atoms with Crippen molar-refractivity contribution in [3.63, 3.8) is 0 Å². The van der Waals surface area contributed by atoms with E-state index < -0.39 is 11.0 Å². The first-order valence-electron chi connectivity index (χ1n) is 12.0. The smallest absolute Gasteiger partial charge is 0.342 e. The zero-order valence-electron chi connectivity index (χ0n) is 21.7. The summed E-state index contributed by atoms with van der Waals surface area (Å²) in [6.45, 7) is 6.21. The second-order valence-corrected chi connectivity index (χ2v) is 10.6. The van der Waals surface area contributed by atoms with Gasteiger partial charge in [-0.15, -0.1) is 0 Å². The Morgan fingerprint density at radius 2 is 1.20 bits per heavy atom. The summed E-state index contributed by atoms with van der Waals surface area (Å²) in [4.78, 5) is 23.2. The molecule has 1 heterocycles. The minimum Gasteiger partial charge on any atom is -0.405 e. The average molecular weight is 470 g/mol. The van der Waals surface area contributed by atoms with Gasteiger partial charge in [0.15, 0.2) is 5.54 Å². The van der Waals surface area contributed by atoms with Crippen LogP contribution < -0.4 is 9.80 Å². The fourth-order valence-corrected chi connectivity index (χ4v) is 4.79. The number of hydrogen-bond donors (Lipinski definition) is 0. The van der Waals surface area contributed by atoms with Crippen molar-refractivity contribution in [3.05, 3.63) is 95.6 Å². The van der Waals surface area contributed by atoms with Crippen molar-refractivity contribution in [1.29, 1.82) is 0 Å². The van der Waals surface area contributed by atoms with Crippen LogP contribution in [-0.4, -0.2) is 45.6 Å². The fourth-order valence-electron chi connectivity index (χ4n) is 4.79. The Labute approximate surface area is 209 Å². The first-order valence-corrected chi connectivity index (χ1v) is 12.0. The summed E-state index contributed by atoms with van der Waals surface area (Å²) in [6, 6.07) is 26.5. The lowest BCUT2D eigenvalue weighted by molar-refractivity contribution is -0.143. The summed E-state index contributed by atoms with van der Waals surface area (Å²) in [7, 11) is 8.09. The third-order valence-corrected chi connectivity index (χ3v) is 6.85. The average Bonchev–Trinajstić information content (AvgIpc) is 3.18. The normalized spacial score (nSPS) is 17.8. The number of esters is 1. The van der Waals surface area contributed by atoms with E-state index in [9.17, 15) is 4.79 Å². The number of ether oxygens (including phenoxy) is 1. The van der Waals surface area contributed by atoms with Crippen LogP contribution in [0.25, 0.3) is 0 Å². The molecule has 1 unspecified atom stereocenters. The van der Waals surface area contributed by atoms with E-state index in [0.29, 0.717) is 5.90 Å². The number of nitrogens with zero attached hydrogens (tertiary/aromatic N) is 3. The molecule has 35 heavy (non-hydrogen) atoms. The van der Waals surface area contributed by atoms with Gasteiger partial charge < -0.3 is 14.5 Å². The molecule has 3 aromatic carbocycles. The van der Waals surface area contributed by atoms with E-state index in [2.05, 4.69) is 79.1 Å². The van der Waals surface area contributed by atoms with Crippen LogP contribution >= 0.6 is 0 Å². The molecule has 0 fully saturated rings. The highest BCUT2D eigenvalue weighted by Crippen LogP contribution is 2.51. The monoisotopic (exact) mass is 469 g/mol. The maximum absolute atomic E-state index is 13.9. The van der Waals surface area contributed by atoms with Crippen LogP contribution in [0.1, 0.15) is 43.4 Å². The largest absolute Gasteiger partial charge is 0.405 e. The van der Waals surface area contributed by atoms with Crippen molar-refractivity contribution in [2.24, 2.45) is 10.4 Å². The van der Waals surface area contributed by atoms with E-state index >= 15 is 0 Å². The quantitative estimate of drug-likeness (QED) is 0.432. The van der Waals surface area contributed by atoms with E-state index in [1.165, 1.54) is 0 Å². The summed E-state index contributed by atoms with van der Waals surface area (Å²) in [5.74, 6) is -0.267. The minimum atomic E-state index is -1.14. The fraction of sp³-hybridized carbons (Fsp3) is 0.333. The van der Waals surface area contributed by atoms with E-state index in [1.54, 1.807) is 0 Å². The van der Waals surface area contributed by atoms with Crippen LogP contribution in [0.4, 0.5) is 11.4 Å². The molecule has 0 aromatic heterocycles. The zero-order chi connectivity index (χ0) is 25.4. The molecule has 5 nitrogen and oxygen atoms in total. The maximum Gasteiger partial charge on any atom is 0.342 e. The Balaban J connectivity index is 1.96. The summed E-state index contributed by atoms with van der Waals surface area (Å²) in [5.41, 5.74) is 3.39. The van der Waals surface area contributed by atoms with E-state index in [-0.39, 0.29) is 11.9 Å². The standard InChI is InChI=1S/C30H35N3O2/c1-29(2,3)30(28(34)35-27(31-30)23-11-9-8-10-12-23)26(21-13-17-24(18-14-21)32(4)5)22-15-19-25(20-16-22)33(6)7/h8-20,26H,1-7H3. The predicted molar refractivity (Wildman–Crippen MR) is 145 cm³/mol. The van der Waals surface area contributed by atoms with Crippen LogP contribution in [0.2, 0.25) is 0 Å². The van der Waals surface area contributed by atoms with Crippen LogP contribution in [0.15, 0.2) is 83.9 Å². The van der Waals surface area contributed by atoms with Gasteiger partial charge in [-0.3, -0.25) is 0 Å². The van der Waals surface area contributed by atoms with E-state index in [4.69, 9.17) is 9.73 Å². The highest BCUT2D eigenvalue weighted by molar-refractivity contribution is 6.09. The lowest BCUT2D eigenvalue weighted by Gasteiger charge is -2.42. The first-order chi connectivity index (χ1) is 16.5. The third-order valence-electron chi connectivity index (χ3n) is 6.85. The van der Waals surface area contributed by atoms with Gasteiger partial charge in [-0.2, -0.15) is 0 Å². The number of benzene rings is 3. The zero-order valence-corrected chi connectivity index (χ0v) is 21.7. The highest BCUT2D eigenvalue weighted by atomic mass is 16.6. The molecule has 1 aliphatic heterocycles. The Morgan fingerprint density at radius 1 is 0.743 bits per heavy atom. The summed E-state index contributed by atoms with van der Waals surface area (Å²) >= 11 is 0. The molecule has 0 bridgehead atoms. The minimum absolute atomic E-state index is 0.317. The molecule has 182 valence electrons. The van der Waals surface area contributed by atoms with Crippen LogP contribution in [0.3, 0.4) is 0 Å². The number of aliphatic imine (C=N–C) groups is 1. The van der Waals surface area contributed by atoms with Gasteiger partial charge in [-0.25, -0.2) is 9.79 Å². The molecule has 0 saturated heterocycles. The van der Waals surface area contributed by atoms with Crippen molar-refractivity contribution in [2.45, 2.75) is 32.2 Å². The van der Waals surface area contributed by atoms with Crippen LogP contribution in [0.5, 0.6) is 0 Å². The molecule has 0 spiro atoms. The molecule has 0 radical (unpaired) electrons. The van der Waals surface area contributed by atoms with Crippen molar-refractivity contribution in [2.75, 3.05) is 38.0 Å².